The molecule has 4 nitrogen and oxygen atoms in total. The van der Waals surface area contributed by atoms with E-state index in [9.17, 15) is 0 Å². The van der Waals surface area contributed by atoms with Crippen molar-refractivity contribution in [3.63, 3.8) is 0 Å². The van der Waals surface area contributed by atoms with E-state index in [-0.39, 0.29) is 13.1 Å². The number of hydrogen-bond donors (Lipinski definition) is 0. The maximum atomic E-state index is 8.86. The van der Waals surface area contributed by atoms with Gasteiger partial charge in [0.1, 0.15) is 18.9 Å². The van der Waals surface area contributed by atoms with Crippen molar-refractivity contribution < 1.29 is 0 Å². The third kappa shape index (κ3) is 2.83. The van der Waals surface area contributed by atoms with Crippen LogP contribution in [0.4, 0.5) is 5.82 Å². The number of rotatable bonds is 4. The quantitative estimate of drug-likeness (QED) is 0.643. The summed E-state index contributed by atoms with van der Waals surface area (Å²) < 4.78 is 0. The zero-order chi connectivity index (χ0) is 13.7. The van der Waals surface area contributed by atoms with E-state index in [2.05, 4.69) is 33.1 Å². The minimum Gasteiger partial charge on any atom is -0.330 e. The molecule has 0 amide bonds. The minimum atomic E-state index is 0.152. The topological polar surface area (TPSA) is 63.7 Å². The summed E-state index contributed by atoms with van der Waals surface area (Å²) in [7, 11) is 0. The van der Waals surface area contributed by atoms with Crippen molar-refractivity contribution in [2.75, 3.05) is 18.0 Å². The summed E-state index contributed by atoms with van der Waals surface area (Å²) in [6.07, 6.45) is 0. The number of nitriles is 2. The predicted molar refractivity (Wildman–Crippen MR) is 77.8 cm³/mol. The summed E-state index contributed by atoms with van der Waals surface area (Å²) in [6.45, 7) is 0.303. The molecule has 19 heavy (non-hydrogen) atoms. The molecule has 0 aliphatic carbocycles. The van der Waals surface area contributed by atoms with Crippen molar-refractivity contribution in [2.45, 2.75) is 5.33 Å². The van der Waals surface area contributed by atoms with Crippen molar-refractivity contribution in [3.05, 3.63) is 35.9 Å². The highest BCUT2D eigenvalue weighted by atomic mass is 79.9. The molecule has 0 aliphatic heterocycles. The van der Waals surface area contributed by atoms with E-state index in [0.29, 0.717) is 11.1 Å². The lowest BCUT2D eigenvalue weighted by atomic mass is 10.1. The molecule has 0 radical (unpaired) electrons. The number of aromatic nitrogens is 1. The van der Waals surface area contributed by atoms with Gasteiger partial charge < -0.3 is 4.90 Å². The fourth-order valence-corrected chi connectivity index (χ4v) is 2.31. The first-order valence-corrected chi connectivity index (χ1v) is 6.85. The van der Waals surface area contributed by atoms with Crippen LogP contribution >= 0.6 is 15.9 Å². The van der Waals surface area contributed by atoms with Crippen LogP contribution in [0.3, 0.4) is 0 Å². The third-order valence-corrected chi connectivity index (χ3v) is 3.35. The molecule has 0 N–H and O–H groups in total. The molecule has 0 bridgehead atoms. The summed E-state index contributed by atoms with van der Waals surface area (Å²) in [6, 6.07) is 14.0. The normalized spacial score (nSPS) is 9.84. The molecule has 0 saturated carbocycles. The Balaban J connectivity index is 2.57. The number of pyridine rings is 1. The minimum absolute atomic E-state index is 0.152. The monoisotopic (exact) mass is 314 g/mol. The van der Waals surface area contributed by atoms with Gasteiger partial charge >= 0.3 is 0 Å². The highest BCUT2D eigenvalue weighted by molar-refractivity contribution is 9.08. The Morgan fingerprint density at radius 3 is 2.47 bits per heavy atom. The lowest BCUT2D eigenvalue weighted by Crippen LogP contribution is -2.26. The van der Waals surface area contributed by atoms with Crippen LogP contribution in [0.25, 0.3) is 10.9 Å². The number of benzene rings is 1. The van der Waals surface area contributed by atoms with Crippen LogP contribution in [0.15, 0.2) is 30.3 Å². The lowest BCUT2D eigenvalue weighted by Gasteiger charge is -2.20. The van der Waals surface area contributed by atoms with Gasteiger partial charge in [0, 0.05) is 16.3 Å². The van der Waals surface area contributed by atoms with E-state index < -0.39 is 0 Å². The van der Waals surface area contributed by atoms with Gasteiger partial charge in [0.05, 0.1) is 17.7 Å². The molecular weight excluding hydrogens is 304 g/mol. The van der Waals surface area contributed by atoms with Crippen LogP contribution in [0.1, 0.15) is 5.56 Å². The van der Waals surface area contributed by atoms with Gasteiger partial charge in [-0.3, -0.25) is 0 Å². The molecule has 1 heterocycles. The molecule has 94 valence electrons. The summed E-state index contributed by atoms with van der Waals surface area (Å²) in [4.78, 5) is 6.26. The van der Waals surface area contributed by atoms with E-state index in [0.717, 1.165) is 16.5 Å². The number of halogens is 1. The Kier molecular flexibility index (Phi) is 4.33. The van der Waals surface area contributed by atoms with Crippen LogP contribution < -0.4 is 4.90 Å². The van der Waals surface area contributed by atoms with Crippen LogP contribution in [0, 0.1) is 22.7 Å². The highest BCUT2D eigenvalue weighted by Gasteiger charge is 2.13. The summed E-state index contributed by atoms with van der Waals surface area (Å²) in [5, 5.41) is 19.4. The van der Waals surface area contributed by atoms with Crippen LogP contribution in [-0.2, 0) is 5.33 Å². The fourth-order valence-electron chi connectivity index (χ4n) is 1.90. The first kappa shape index (κ1) is 13.3. The third-order valence-electron chi connectivity index (χ3n) is 2.75. The number of fused-ring (bicyclic) bond motifs is 1. The van der Waals surface area contributed by atoms with Crippen molar-refractivity contribution in [1.29, 1.82) is 10.5 Å². The van der Waals surface area contributed by atoms with E-state index in [1.54, 1.807) is 4.90 Å². The van der Waals surface area contributed by atoms with Gasteiger partial charge in [-0.05, 0) is 12.1 Å². The molecule has 5 heteroatoms. The molecule has 0 unspecified atom stereocenters. The second-order valence-electron chi connectivity index (χ2n) is 3.97. The van der Waals surface area contributed by atoms with Crippen LogP contribution in [0.2, 0.25) is 0 Å². The fraction of sp³-hybridized carbons (Fsp3) is 0.214. The summed E-state index contributed by atoms with van der Waals surface area (Å²) in [5.41, 5.74) is 1.84. The zero-order valence-corrected chi connectivity index (χ0v) is 11.8. The second-order valence-corrected chi connectivity index (χ2v) is 4.53. The Bertz CT molecular complexity index is 653. The molecular formula is C14H11BrN4. The Labute approximate surface area is 120 Å². The maximum Gasteiger partial charge on any atom is 0.135 e. The highest BCUT2D eigenvalue weighted by Crippen LogP contribution is 2.25. The number of anilines is 1. The molecule has 1 aromatic heterocycles. The predicted octanol–water partition coefficient (Wildman–Crippen LogP) is 2.98. The molecule has 2 aromatic rings. The summed E-state index contributed by atoms with van der Waals surface area (Å²) in [5.74, 6) is 0.693. The van der Waals surface area contributed by atoms with Crippen LogP contribution in [-0.4, -0.2) is 18.1 Å². The average molecular weight is 315 g/mol. The smallest absolute Gasteiger partial charge is 0.135 e. The molecule has 0 atom stereocenters. The van der Waals surface area contributed by atoms with Crippen molar-refractivity contribution in [1.82, 2.24) is 4.98 Å². The van der Waals surface area contributed by atoms with Gasteiger partial charge in [-0.25, -0.2) is 4.98 Å². The largest absolute Gasteiger partial charge is 0.330 e. The maximum absolute atomic E-state index is 8.86. The van der Waals surface area contributed by atoms with E-state index >= 15 is 0 Å². The van der Waals surface area contributed by atoms with Gasteiger partial charge in [-0.2, -0.15) is 10.5 Å². The SMILES string of the molecule is N#CCN(CC#N)c1nc2ccccc2cc1CBr. The van der Waals surface area contributed by atoms with Gasteiger partial charge in [-0.15, -0.1) is 0 Å². The Morgan fingerprint density at radius 1 is 1.16 bits per heavy atom. The zero-order valence-electron chi connectivity index (χ0n) is 10.2. The Morgan fingerprint density at radius 2 is 1.84 bits per heavy atom. The second kappa shape index (κ2) is 6.17. The van der Waals surface area contributed by atoms with Gasteiger partial charge in [0.25, 0.3) is 0 Å². The first-order valence-electron chi connectivity index (χ1n) is 5.73. The summed E-state index contributed by atoms with van der Waals surface area (Å²) >= 11 is 3.43. The number of nitrogens with zero attached hydrogens (tertiary/aromatic N) is 4. The molecule has 1 aromatic carbocycles. The van der Waals surface area contributed by atoms with Crippen molar-refractivity contribution in [2.24, 2.45) is 0 Å². The standard InChI is InChI=1S/C14H11BrN4/c15-10-12-9-11-3-1-2-4-13(11)18-14(12)19(7-5-16)8-6-17/h1-4,9H,7-8,10H2. The van der Waals surface area contributed by atoms with Gasteiger partial charge in [-0.1, -0.05) is 34.1 Å². The van der Waals surface area contributed by atoms with Gasteiger partial charge in [0.2, 0.25) is 0 Å². The number of alkyl halides is 1. The number of hydrogen-bond acceptors (Lipinski definition) is 4. The van der Waals surface area contributed by atoms with Crippen molar-refractivity contribution in [3.8, 4) is 12.1 Å². The molecule has 2 rings (SSSR count). The molecule has 0 fully saturated rings. The molecule has 0 saturated heterocycles. The first-order chi connectivity index (χ1) is 9.30. The number of para-hydroxylation sites is 1. The van der Waals surface area contributed by atoms with E-state index in [4.69, 9.17) is 10.5 Å². The van der Waals surface area contributed by atoms with Gasteiger partial charge in [0.15, 0.2) is 0 Å². The van der Waals surface area contributed by atoms with E-state index in [1.165, 1.54) is 0 Å². The molecule has 0 aliphatic rings. The van der Waals surface area contributed by atoms with Crippen LogP contribution in [0.5, 0.6) is 0 Å². The lowest BCUT2D eigenvalue weighted by molar-refractivity contribution is 0.932. The molecule has 0 spiro atoms. The van der Waals surface area contributed by atoms with E-state index in [1.807, 2.05) is 30.3 Å². The average Bonchev–Trinajstić information content (AvgIpc) is 2.45. The van der Waals surface area contributed by atoms with Crippen molar-refractivity contribution >= 4 is 32.7 Å². The Hall–Kier alpha value is -2.11.